The molecular weight excluding hydrogens is 258 g/mol. The van der Waals surface area contributed by atoms with E-state index in [1.54, 1.807) is 18.0 Å². The molecule has 2 rings (SSSR count). The largest absolute Gasteiger partial charge is 0.310 e. The molecule has 2 aromatic rings. The van der Waals surface area contributed by atoms with E-state index in [-0.39, 0.29) is 5.91 Å². The van der Waals surface area contributed by atoms with Crippen molar-refractivity contribution in [1.82, 2.24) is 10.2 Å². The maximum Gasteiger partial charge on any atom is 0.235 e. The Balaban J connectivity index is 1.76. The summed E-state index contributed by atoms with van der Waals surface area (Å²) in [5.74, 6) is 2.00. The van der Waals surface area contributed by atoms with Gasteiger partial charge in [-0.25, -0.2) is 0 Å². The van der Waals surface area contributed by atoms with Gasteiger partial charge >= 0.3 is 0 Å². The molecule has 0 saturated heterocycles. The molecule has 0 aliphatic carbocycles. The topological polar surface area (TPSA) is 57.8 Å². The molecule has 0 atom stereocenters. The van der Waals surface area contributed by atoms with Crippen LogP contribution < -0.4 is 5.32 Å². The van der Waals surface area contributed by atoms with Gasteiger partial charge in [-0.2, -0.15) is 5.10 Å². The number of aromatic nitrogens is 2. The first kappa shape index (κ1) is 13.7. The molecule has 0 aliphatic rings. The lowest BCUT2D eigenvalue weighted by atomic mass is 10.2. The van der Waals surface area contributed by atoms with Crippen LogP contribution in [0.5, 0.6) is 0 Å². The highest BCUT2D eigenvalue weighted by atomic mass is 32.2. The van der Waals surface area contributed by atoms with Crippen molar-refractivity contribution in [3.63, 3.8) is 0 Å². The van der Waals surface area contributed by atoms with Crippen LogP contribution in [-0.4, -0.2) is 21.9 Å². The van der Waals surface area contributed by atoms with Crippen molar-refractivity contribution in [3.05, 3.63) is 47.7 Å². The van der Waals surface area contributed by atoms with Gasteiger partial charge in [-0.05, 0) is 12.0 Å². The number of anilines is 1. The molecule has 1 amide bonds. The molecule has 2 N–H and O–H groups in total. The Bertz CT molecular complexity index is 524. The first-order chi connectivity index (χ1) is 9.29. The van der Waals surface area contributed by atoms with Crippen LogP contribution in [0.15, 0.2) is 36.5 Å². The fourth-order valence-corrected chi connectivity index (χ4v) is 2.49. The van der Waals surface area contributed by atoms with Gasteiger partial charge in [0.2, 0.25) is 5.91 Å². The van der Waals surface area contributed by atoms with Crippen LogP contribution in [0.2, 0.25) is 0 Å². The Kier molecular flexibility index (Phi) is 5.03. The molecule has 0 aliphatic heterocycles. The summed E-state index contributed by atoms with van der Waals surface area (Å²) >= 11 is 1.60. The zero-order valence-corrected chi connectivity index (χ0v) is 11.7. The molecule has 100 valence electrons. The molecule has 1 heterocycles. The van der Waals surface area contributed by atoms with E-state index in [1.807, 2.05) is 25.1 Å². The average molecular weight is 275 g/mol. The van der Waals surface area contributed by atoms with Crippen LogP contribution >= 0.6 is 11.8 Å². The van der Waals surface area contributed by atoms with E-state index < -0.39 is 0 Å². The summed E-state index contributed by atoms with van der Waals surface area (Å²) in [6, 6.07) is 10.1. The lowest BCUT2D eigenvalue weighted by Crippen LogP contribution is -2.15. The van der Waals surface area contributed by atoms with Crippen LogP contribution in [0, 0.1) is 0 Å². The molecule has 1 aromatic heterocycles. The number of hydrogen-bond donors (Lipinski definition) is 2. The number of H-pyrrole nitrogens is 1. The predicted molar refractivity (Wildman–Crippen MR) is 79.2 cm³/mol. The smallest absolute Gasteiger partial charge is 0.235 e. The summed E-state index contributed by atoms with van der Waals surface area (Å²) in [4.78, 5) is 11.8. The highest BCUT2D eigenvalue weighted by molar-refractivity contribution is 7.99. The standard InChI is InChI=1S/C14H17N3OS/c1-2-12-8-15-17-14(12)16-13(18)10-19-9-11-6-4-3-5-7-11/h3-8H,2,9-10H2,1H3,(H2,15,16,17,18). The highest BCUT2D eigenvalue weighted by Crippen LogP contribution is 2.14. The molecule has 0 fully saturated rings. The Labute approximate surface area is 117 Å². The molecule has 4 nitrogen and oxygen atoms in total. The van der Waals surface area contributed by atoms with Crippen LogP contribution in [0.4, 0.5) is 5.82 Å². The summed E-state index contributed by atoms with van der Waals surface area (Å²) in [5.41, 5.74) is 2.26. The van der Waals surface area contributed by atoms with Crippen LogP contribution in [0.1, 0.15) is 18.1 Å². The molecular formula is C14H17N3OS. The summed E-state index contributed by atoms with van der Waals surface area (Å²) in [6.45, 7) is 2.03. The number of hydrogen-bond acceptors (Lipinski definition) is 3. The van der Waals surface area contributed by atoms with Crippen molar-refractivity contribution in [2.45, 2.75) is 19.1 Å². The molecule has 0 unspecified atom stereocenters. The average Bonchev–Trinajstić information content (AvgIpc) is 2.87. The fraction of sp³-hybridized carbons (Fsp3) is 0.286. The van der Waals surface area contributed by atoms with E-state index >= 15 is 0 Å². The van der Waals surface area contributed by atoms with Crippen molar-refractivity contribution >= 4 is 23.5 Å². The number of carbonyl (C=O) groups excluding carboxylic acids is 1. The molecule has 0 bridgehead atoms. The van der Waals surface area contributed by atoms with Gasteiger partial charge in [0.1, 0.15) is 5.82 Å². The van der Waals surface area contributed by atoms with Gasteiger partial charge in [0.25, 0.3) is 0 Å². The second-order valence-corrected chi connectivity index (χ2v) is 5.14. The first-order valence-electron chi connectivity index (χ1n) is 6.23. The van der Waals surface area contributed by atoms with E-state index in [9.17, 15) is 4.79 Å². The van der Waals surface area contributed by atoms with Crippen LogP contribution in [0.3, 0.4) is 0 Å². The number of carbonyl (C=O) groups is 1. The van der Waals surface area contributed by atoms with E-state index in [1.165, 1.54) is 5.56 Å². The van der Waals surface area contributed by atoms with Gasteiger partial charge in [0, 0.05) is 11.3 Å². The molecule has 19 heavy (non-hydrogen) atoms. The Hall–Kier alpha value is -1.75. The van der Waals surface area contributed by atoms with Crippen molar-refractivity contribution in [1.29, 1.82) is 0 Å². The second-order valence-electron chi connectivity index (χ2n) is 4.15. The molecule has 5 heteroatoms. The van der Waals surface area contributed by atoms with Gasteiger partial charge in [-0.1, -0.05) is 37.3 Å². The summed E-state index contributed by atoms with van der Waals surface area (Å²) < 4.78 is 0. The Morgan fingerprint density at radius 3 is 2.89 bits per heavy atom. The van der Waals surface area contributed by atoms with E-state index in [0.717, 1.165) is 17.7 Å². The van der Waals surface area contributed by atoms with E-state index in [2.05, 4.69) is 27.6 Å². The molecule has 0 spiro atoms. The second kappa shape index (κ2) is 6.99. The molecule has 1 aromatic carbocycles. The number of thioether (sulfide) groups is 1. The van der Waals surface area contributed by atoms with E-state index in [4.69, 9.17) is 0 Å². The summed E-state index contributed by atoms with van der Waals surface area (Å²) in [7, 11) is 0. The lowest BCUT2D eigenvalue weighted by molar-refractivity contribution is -0.113. The third kappa shape index (κ3) is 4.13. The first-order valence-corrected chi connectivity index (χ1v) is 7.39. The SMILES string of the molecule is CCc1cn[nH]c1NC(=O)CSCc1ccccc1. The Morgan fingerprint density at radius 1 is 1.37 bits per heavy atom. The zero-order valence-electron chi connectivity index (χ0n) is 10.8. The fourth-order valence-electron chi connectivity index (χ4n) is 1.70. The minimum atomic E-state index is -0.000110. The monoisotopic (exact) mass is 275 g/mol. The van der Waals surface area contributed by atoms with Crippen molar-refractivity contribution in [2.24, 2.45) is 0 Å². The number of benzene rings is 1. The van der Waals surface area contributed by atoms with Gasteiger partial charge in [0.05, 0.1) is 11.9 Å². The van der Waals surface area contributed by atoms with Gasteiger partial charge in [-0.15, -0.1) is 11.8 Å². The number of aryl methyl sites for hydroxylation is 1. The Morgan fingerprint density at radius 2 is 2.16 bits per heavy atom. The summed E-state index contributed by atoms with van der Waals surface area (Å²) in [6.07, 6.45) is 2.59. The third-order valence-electron chi connectivity index (χ3n) is 2.71. The number of nitrogens with zero attached hydrogens (tertiary/aromatic N) is 1. The van der Waals surface area contributed by atoms with Crippen molar-refractivity contribution in [3.8, 4) is 0 Å². The van der Waals surface area contributed by atoms with Crippen molar-refractivity contribution in [2.75, 3.05) is 11.1 Å². The maximum atomic E-state index is 11.8. The highest BCUT2D eigenvalue weighted by Gasteiger charge is 2.07. The number of nitrogens with one attached hydrogen (secondary N) is 2. The molecule has 0 saturated carbocycles. The van der Waals surface area contributed by atoms with Gasteiger partial charge in [0.15, 0.2) is 0 Å². The predicted octanol–water partition coefficient (Wildman–Crippen LogP) is 2.84. The van der Waals surface area contributed by atoms with Gasteiger partial charge in [-0.3, -0.25) is 9.89 Å². The number of rotatable bonds is 6. The van der Waals surface area contributed by atoms with Gasteiger partial charge < -0.3 is 5.32 Å². The van der Waals surface area contributed by atoms with Crippen LogP contribution in [-0.2, 0) is 17.0 Å². The minimum absolute atomic E-state index is 0.000110. The number of aromatic amines is 1. The lowest BCUT2D eigenvalue weighted by Gasteiger charge is -2.04. The normalized spacial score (nSPS) is 10.4. The van der Waals surface area contributed by atoms with Crippen LogP contribution in [0.25, 0.3) is 0 Å². The molecule has 0 radical (unpaired) electrons. The number of amides is 1. The third-order valence-corrected chi connectivity index (χ3v) is 3.71. The van der Waals surface area contributed by atoms with Crippen molar-refractivity contribution < 1.29 is 4.79 Å². The zero-order chi connectivity index (χ0) is 13.5. The van der Waals surface area contributed by atoms with E-state index in [0.29, 0.717) is 11.6 Å². The maximum absolute atomic E-state index is 11.8. The summed E-state index contributed by atoms with van der Waals surface area (Å²) in [5, 5.41) is 9.58. The quantitative estimate of drug-likeness (QED) is 0.852. The minimum Gasteiger partial charge on any atom is -0.310 e.